The van der Waals surface area contributed by atoms with E-state index in [0.29, 0.717) is 11.2 Å². The van der Waals surface area contributed by atoms with E-state index in [9.17, 15) is 8.78 Å². The van der Waals surface area contributed by atoms with Crippen LogP contribution in [-0.4, -0.2) is 21.8 Å². The molecule has 0 aliphatic heterocycles. The van der Waals surface area contributed by atoms with Crippen molar-refractivity contribution in [2.24, 2.45) is 4.99 Å². The molecule has 1 heterocycles. The molecule has 0 fully saturated rings. The van der Waals surface area contributed by atoms with Gasteiger partial charge in [-0.1, -0.05) is 54.6 Å². The average Bonchev–Trinajstić information content (AvgIpc) is 2.94. The van der Waals surface area contributed by atoms with Crippen LogP contribution in [-0.2, 0) is 0 Å². The molecule has 5 heteroatoms. The average molecular weight is 389 g/mol. The quantitative estimate of drug-likeness (QED) is 0.235. The summed E-state index contributed by atoms with van der Waals surface area (Å²) in [5.41, 5.74) is 2.19. The maximum Gasteiger partial charge on any atom is 0.358 e. The second-order valence-corrected chi connectivity index (χ2v) is 6.24. The van der Waals surface area contributed by atoms with Gasteiger partial charge in [-0.05, 0) is 33.6 Å². The number of rotatable bonds is 4. The summed E-state index contributed by atoms with van der Waals surface area (Å²) in [6, 6.07) is 18.7. The van der Waals surface area contributed by atoms with Crippen LogP contribution in [0.5, 0.6) is 0 Å². The number of aliphatic imine (C=N–C) groups is 1. The number of nitrogens with zero attached hydrogens (tertiary/aromatic N) is 2. The van der Waals surface area contributed by atoms with Crippen molar-refractivity contribution >= 4 is 32.7 Å². The van der Waals surface area contributed by atoms with Crippen LogP contribution in [0.4, 0.5) is 8.78 Å². The molecule has 3 rings (SSSR count). The molecule has 0 atom stereocenters. The fourth-order valence-corrected chi connectivity index (χ4v) is 2.95. The molecule has 2 aromatic carbocycles. The van der Waals surface area contributed by atoms with Gasteiger partial charge in [-0.2, -0.15) is 8.78 Å². The molecular formula is C19H15BrF2N2. The van der Waals surface area contributed by atoms with E-state index in [1.807, 2.05) is 60.7 Å². The summed E-state index contributed by atoms with van der Waals surface area (Å²) in [5.74, 6) is -0.359. The van der Waals surface area contributed by atoms with Crippen molar-refractivity contribution in [1.82, 2.24) is 4.57 Å². The molecule has 0 bridgehead atoms. The number of benzene rings is 2. The second-order valence-electron chi connectivity index (χ2n) is 5.24. The maximum absolute atomic E-state index is 14.2. The Morgan fingerprint density at radius 2 is 1.79 bits per heavy atom. The summed E-state index contributed by atoms with van der Waals surface area (Å²) < 4.78 is 30.0. The molecule has 0 unspecified atom stereocenters. The number of halogens is 3. The van der Waals surface area contributed by atoms with Gasteiger partial charge in [0.15, 0.2) is 5.84 Å². The lowest BCUT2D eigenvalue weighted by molar-refractivity contribution is 0.189. The molecule has 0 saturated heterocycles. The minimum atomic E-state index is -3.26. The first-order valence-electron chi connectivity index (χ1n) is 7.41. The van der Waals surface area contributed by atoms with Gasteiger partial charge in [-0.25, -0.2) is 0 Å². The van der Waals surface area contributed by atoms with E-state index in [1.54, 1.807) is 0 Å². The number of aromatic nitrogens is 1. The summed E-state index contributed by atoms with van der Waals surface area (Å²) in [6.45, 7) is 3.67. The highest BCUT2D eigenvalue weighted by molar-refractivity contribution is 9.10. The smallest absolute Gasteiger partial charge is 0.292 e. The van der Waals surface area contributed by atoms with Crippen molar-refractivity contribution in [3.05, 3.63) is 73.3 Å². The number of fused-ring (bicyclic) bond motifs is 1. The molecular weight excluding hydrogens is 374 g/mol. The lowest BCUT2D eigenvalue weighted by Crippen LogP contribution is -2.29. The van der Waals surface area contributed by atoms with E-state index in [2.05, 4.69) is 27.5 Å². The summed E-state index contributed by atoms with van der Waals surface area (Å²) in [7, 11) is 0. The summed E-state index contributed by atoms with van der Waals surface area (Å²) in [4.78, 5) is 0.794. The largest absolute Gasteiger partial charge is 0.358 e. The molecule has 122 valence electrons. The van der Waals surface area contributed by atoms with Crippen LogP contribution in [0, 0.1) is 0 Å². The molecule has 2 nitrogen and oxygen atoms in total. The first kappa shape index (κ1) is 16.6. The Bertz CT molecular complexity index is 893. The highest BCUT2D eigenvalue weighted by atomic mass is 79.9. The molecule has 0 spiro atoms. The fourth-order valence-electron chi connectivity index (χ4n) is 2.64. The zero-order valence-electron chi connectivity index (χ0n) is 12.8. The Balaban J connectivity index is 2.34. The van der Waals surface area contributed by atoms with E-state index in [-0.39, 0.29) is 12.4 Å². The Morgan fingerprint density at radius 1 is 1.12 bits per heavy atom. The summed E-state index contributed by atoms with van der Waals surface area (Å²) in [5, 5.41) is 0.874. The standard InChI is InChI=1S/C19H15BrF2N2/c1-2-12-23-18(19(20,21)22)24-16-11-7-6-10-15(16)13-17(24)14-8-4-3-5-9-14/h2-11,13H,1,12H2. The van der Waals surface area contributed by atoms with Crippen molar-refractivity contribution in [3.63, 3.8) is 0 Å². The zero-order chi connectivity index (χ0) is 17.2. The third kappa shape index (κ3) is 3.17. The first-order chi connectivity index (χ1) is 11.5. The molecule has 3 aromatic rings. The van der Waals surface area contributed by atoms with Crippen LogP contribution < -0.4 is 0 Å². The van der Waals surface area contributed by atoms with E-state index < -0.39 is 4.83 Å². The monoisotopic (exact) mass is 388 g/mol. The van der Waals surface area contributed by atoms with Crippen LogP contribution in [0.3, 0.4) is 0 Å². The molecule has 0 aliphatic rings. The van der Waals surface area contributed by atoms with Crippen molar-refractivity contribution in [3.8, 4) is 11.3 Å². The normalized spacial score (nSPS) is 12.5. The van der Waals surface area contributed by atoms with Gasteiger partial charge in [0.05, 0.1) is 17.8 Å². The predicted molar refractivity (Wildman–Crippen MR) is 99.1 cm³/mol. The SMILES string of the molecule is C=CCN=C(n1c(-c2ccccc2)cc2ccccc21)C(F)(F)Br. The fraction of sp³-hybridized carbons (Fsp3) is 0.105. The van der Waals surface area contributed by atoms with Gasteiger partial charge in [0.2, 0.25) is 0 Å². The van der Waals surface area contributed by atoms with Crippen LogP contribution in [0.2, 0.25) is 0 Å². The minimum Gasteiger partial charge on any atom is -0.292 e. The third-order valence-electron chi connectivity index (χ3n) is 3.62. The lowest BCUT2D eigenvalue weighted by atomic mass is 10.1. The van der Waals surface area contributed by atoms with E-state index >= 15 is 0 Å². The lowest BCUT2D eigenvalue weighted by Gasteiger charge is -2.18. The van der Waals surface area contributed by atoms with Crippen LogP contribution in [0.25, 0.3) is 22.2 Å². The van der Waals surface area contributed by atoms with E-state index in [4.69, 9.17) is 0 Å². The number of hydrogen-bond acceptors (Lipinski definition) is 1. The van der Waals surface area contributed by atoms with Crippen molar-refractivity contribution in [2.45, 2.75) is 4.83 Å². The van der Waals surface area contributed by atoms with Crippen molar-refractivity contribution in [2.75, 3.05) is 6.54 Å². The number of para-hydroxylation sites is 1. The topological polar surface area (TPSA) is 17.3 Å². The Labute approximate surface area is 147 Å². The van der Waals surface area contributed by atoms with Gasteiger partial charge >= 0.3 is 4.83 Å². The van der Waals surface area contributed by atoms with Gasteiger partial charge in [0, 0.05) is 5.39 Å². The molecule has 1 aromatic heterocycles. The van der Waals surface area contributed by atoms with Gasteiger partial charge in [-0.3, -0.25) is 9.56 Å². The van der Waals surface area contributed by atoms with Crippen LogP contribution in [0.1, 0.15) is 0 Å². The second kappa shape index (κ2) is 6.69. The highest BCUT2D eigenvalue weighted by Gasteiger charge is 2.35. The minimum absolute atomic E-state index is 0.108. The maximum atomic E-state index is 14.2. The van der Waals surface area contributed by atoms with Gasteiger partial charge < -0.3 is 0 Å². The van der Waals surface area contributed by atoms with Crippen molar-refractivity contribution in [1.29, 1.82) is 0 Å². The van der Waals surface area contributed by atoms with Crippen LogP contribution >= 0.6 is 15.9 Å². The van der Waals surface area contributed by atoms with Gasteiger partial charge in [0.1, 0.15) is 0 Å². The van der Waals surface area contributed by atoms with Gasteiger partial charge in [-0.15, -0.1) is 6.58 Å². The number of hydrogen-bond donors (Lipinski definition) is 0. The Kier molecular flexibility index (Phi) is 4.62. The first-order valence-corrected chi connectivity index (χ1v) is 8.20. The summed E-state index contributed by atoms with van der Waals surface area (Å²) >= 11 is 2.47. The van der Waals surface area contributed by atoms with Gasteiger partial charge in [0.25, 0.3) is 0 Å². The molecule has 0 amide bonds. The van der Waals surface area contributed by atoms with E-state index in [1.165, 1.54) is 10.6 Å². The Hall–Kier alpha value is -2.27. The van der Waals surface area contributed by atoms with E-state index in [0.717, 1.165) is 10.9 Å². The van der Waals surface area contributed by atoms with Crippen molar-refractivity contribution < 1.29 is 8.78 Å². The predicted octanol–water partition coefficient (Wildman–Crippen LogP) is 5.73. The molecule has 0 radical (unpaired) electrons. The molecule has 24 heavy (non-hydrogen) atoms. The molecule has 0 N–H and O–H groups in total. The Morgan fingerprint density at radius 3 is 2.46 bits per heavy atom. The third-order valence-corrected chi connectivity index (χ3v) is 3.97. The van der Waals surface area contributed by atoms with Crippen LogP contribution in [0.15, 0.2) is 78.3 Å². The summed E-state index contributed by atoms with van der Waals surface area (Å²) in [6.07, 6.45) is 1.49. The number of alkyl halides is 3. The molecule has 0 saturated carbocycles. The molecule has 0 aliphatic carbocycles. The highest BCUT2D eigenvalue weighted by Crippen LogP contribution is 2.33. The zero-order valence-corrected chi connectivity index (χ0v) is 14.4.